The largest absolute Gasteiger partial charge is 0.507 e. The average molecular weight is 462 g/mol. The van der Waals surface area contributed by atoms with Crippen molar-refractivity contribution < 1.29 is 19.4 Å². The Kier molecular flexibility index (Phi) is 6.80. The smallest absolute Gasteiger partial charge is 0.295 e. The van der Waals surface area contributed by atoms with Crippen molar-refractivity contribution in [2.24, 2.45) is 0 Å². The molecule has 33 heavy (non-hydrogen) atoms. The van der Waals surface area contributed by atoms with Gasteiger partial charge >= 0.3 is 0 Å². The molecule has 1 N–H and O–H groups in total. The quantitative estimate of drug-likeness (QED) is 0.276. The summed E-state index contributed by atoms with van der Waals surface area (Å²) in [7, 11) is 0. The summed E-state index contributed by atoms with van der Waals surface area (Å²) in [6, 6.07) is 22.5. The van der Waals surface area contributed by atoms with Crippen molar-refractivity contribution in [2.45, 2.75) is 25.9 Å². The van der Waals surface area contributed by atoms with Crippen molar-refractivity contribution in [3.05, 3.63) is 106 Å². The number of ketones is 1. The van der Waals surface area contributed by atoms with Crippen LogP contribution in [0.5, 0.6) is 5.75 Å². The van der Waals surface area contributed by atoms with E-state index in [9.17, 15) is 14.7 Å². The minimum atomic E-state index is -0.738. The van der Waals surface area contributed by atoms with Crippen LogP contribution in [0, 0.1) is 0 Å². The molecule has 1 atom stereocenters. The molecule has 1 heterocycles. The molecule has 168 valence electrons. The van der Waals surface area contributed by atoms with E-state index in [1.807, 2.05) is 37.3 Å². The number of rotatable bonds is 7. The molecular formula is C27H24ClNO4. The first kappa shape index (κ1) is 22.6. The number of hydrogen-bond donors (Lipinski definition) is 1. The molecule has 0 bridgehead atoms. The van der Waals surface area contributed by atoms with Crippen molar-refractivity contribution in [2.75, 3.05) is 6.61 Å². The second-order valence-electron chi connectivity index (χ2n) is 7.84. The van der Waals surface area contributed by atoms with Crippen molar-refractivity contribution in [3.8, 4) is 5.75 Å². The summed E-state index contributed by atoms with van der Waals surface area (Å²) in [5, 5.41) is 11.7. The van der Waals surface area contributed by atoms with Gasteiger partial charge in [-0.15, -0.1) is 0 Å². The molecule has 3 aromatic rings. The van der Waals surface area contributed by atoms with E-state index in [0.29, 0.717) is 28.5 Å². The van der Waals surface area contributed by atoms with Gasteiger partial charge in [-0.1, -0.05) is 61.0 Å². The lowest BCUT2D eigenvalue weighted by atomic mass is 9.95. The third kappa shape index (κ3) is 4.78. The van der Waals surface area contributed by atoms with Gasteiger partial charge in [0.15, 0.2) is 0 Å². The first-order chi connectivity index (χ1) is 16.0. The molecule has 0 aliphatic carbocycles. The number of nitrogens with zero attached hydrogens (tertiary/aromatic N) is 1. The molecule has 1 fully saturated rings. The lowest BCUT2D eigenvalue weighted by Gasteiger charge is -2.25. The molecule has 3 aromatic carbocycles. The SMILES string of the molecule is CCCOc1ccc(C(O)=C2C(=O)C(=O)N(Cc3ccccc3)C2c2ccc(Cl)cc2)cc1. The topological polar surface area (TPSA) is 66.8 Å². The summed E-state index contributed by atoms with van der Waals surface area (Å²) in [5.74, 6) is -0.906. The number of benzene rings is 3. The van der Waals surface area contributed by atoms with Gasteiger partial charge in [-0.05, 0) is 53.9 Å². The minimum absolute atomic E-state index is 0.0560. The molecule has 1 aliphatic rings. The number of Topliss-reactive ketones (excluding diaryl/α,β-unsaturated/α-hetero) is 1. The van der Waals surface area contributed by atoms with Gasteiger partial charge in [-0.3, -0.25) is 9.59 Å². The van der Waals surface area contributed by atoms with Crippen LogP contribution < -0.4 is 4.74 Å². The maximum atomic E-state index is 13.1. The number of carbonyl (C=O) groups excluding carboxylic acids is 2. The minimum Gasteiger partial charge on any atom is -0.507 e. The molecule has 0 spiro atoms. The Morgan fingerprint density at radius 3 is 2.27 bits per heavy atom. The highest BCUT2D eigenvalue weighted by molar-refractivity contribution is 6.46. The number of carbonyl (C=O) groups is 2. The second kappa shape index (κ2) is 9.92. The molecule has 1 unspecified atom stereocenters. The van der Waals surface area contributed by atoms with E-state index in [2.05, 4.69) is 0 Å². The molecule has 0 aromatic heterocycles. The lowest BCUT2D eigenvalue weighted by Crippen LogP contribution is -2.29. The molecular weight excluding hydrogens is 438 g/mol. The number of aliphatic hydroxyl groups excluding tert-OH is 1. The fraction of sp³-hybridized carbons (Fsp3) is 0.185. The van der Waals surface area contributed by atoms with E-state index in [4.69, 9.17) is 16.3 Å². The Balaban J connectivity index is 1.78. The molecule has 1 saturated heterocycles. The third-order valence-corrected chi connectivity index (χ3v) is 5.77. The summed E-state index contributed by atoms with van der Waals surface area (Å²) in [6.45, 7) is 2.84. The van der Waals surface area contributed by atoms with Crippen LogP contribution in [0.4, 0.5) is 0 Å². The van der Waals surface area contributed by atoms with Crippen LogP contribution in [0.15, 0.2) is 84.4 Å². The molecule has 0 saturated carbocycles. The predicted octanol–water partition coefficient (Wildman–Crippen LogP) is 5.75. The van der Waals surface area contributed by atoms with Gasteiger partial charge in [-0.25, -0.2) is 0 Å². The van der Waals surface area contributed by atoms with E-state index in [1.54, 1.807) is 48.5 Å². The Bertz CT molecular complexity index is 1170. The predicted molar refractivity (Wildman–Crippen MR) is 128 cm³/mol. The van der Waals surface area contributed by atoms with Gasteiger partial charge in [0.1, 0.15) is 11.5 Å². The molecule has 4 rings (SSSR count). The fourth-order valence-corrected chi connectivity index (χ4v) is 4.03. The van der Waals surface area contributed by atoms with Crippen molar-refractivity contribution in [1.29, 1.82) is 0 Å². The summed E-state index contributed by atoms with van der Waals surface area (Å²) in [4.78, 5) is 27.7. The zero-order valence-electron chi connectivity index (χ0n) is 18.2. The van der Waals surface area contributed by atoms with Crippen LogP contribution >= 0.6 is 11.6 Å². The van der Waals surface area contributed by atoms with Gasteiger partial charge < -0.3 is 14.7 Å². The maximum Gasteiger partial charge on any atom is 0.295 e. The van der Waals surface area contributed by atoms with Gasteiger partial charge in [0, 0.05) is 17.1 Å². The van der Waals surface area contributed by atoms with Crippen molar-refractivity contribution >= 4 is 29.1 Å². The summed E-state index contributed by atoms with van der Waals surface area (Å²) < 4.78 is 5.60. The van der Waals surface area contributed by atoms with Crippen LogP contribution in [0.1, 0.15) is 36.1 Å². The zero-order chi connectivity index (χ0) is 23.4. The van der Waals surface area contributed by atoms with E-state index < -0.39 is 17.7 Å². The van der Waals surface area contributed by atoms with Crippen LogP contribution in [-0.4, -0.2) is 28.3 Å². The fourth-order valence-electron chi connectivity index (χ4n) is 3.90. The lowest BCUT2D eigenvalue weighted by molar-refractivity contribution is -0.140. The highest BCUT2D eigenvalue weighted by atomic mass is 35.5. The van der Waals surface area contributed by atoms with E-state index >= 15 is 0 Å². The number of hydrogen-bond acceptors (Lipinski definition) is 4. The standard InChI is InChI=1S/C27H24ClNO4/c1-2-16-33-22-14-10-20(11-15-22)25(30)23-24(19-8-12-21(28)13-9-19)29(27(32)26(23)31)17-18-6-4-3-5-7-18/h3-15,24,30H,2,16-17H2,1H3. The number of halogens is 1. The summed E-state index contributed by atoms with van der Waals surface area (Å²) >= 11 is 6.07. The first-order valence-corrected chi connectivity index (χ1v) is 11.2. The van der Waals surface area contributed by atoms with Gasteiger partial charge in [0.05, 0.1) is 18.2 Å². The normalized spacial score (nSPS) is 17.4. The number of ether oxygens (including phenoxy) is 1. The van der Waals surface area contributed by atoms with Gasteiger partial charge in [0.2, 0.25) is 0 Å². The first-order valence-electron chi connectivity index (χ1n) is 10.8. The summed E-state index contributed by atoms with van der Waals surface area (Å²) in [6.07, 6.45) is 0.883. The highest BCUT2D eigenvalue weighted by Crippen LogP contribution is 2.40. The van der Waals surface area contributed by atoms with Crippen LogP contribution in [0.2, 0.25) is 5.02 Å². The van der Waals surface area contributed by atoms with Crippen molar-refractivity contribution in [1.82, 2.24) is 4.90 Å². The monoisotopic (exact) mass is 461 g/mol. The Morgan fingerprint density at radius 2 is 1.64 bits per heavy atom. The third-order valence-electron chi connectivity index (χ3n) is 5.52. The molecule has 1 aliphatic heterocycles. The van der Waals surface area contributed by atoms with E-state index in [-0.39, 0.29) is 17.9 Å². The average Bonchev–Trinajstić information content (AvgIpc) is 3.08. The zero-order valence-corrected chi connectivity index (χ0v) is 19.0. The molecule has 1 amide bonds. The summed E-state index contributed by atoms with van der Waals surface area (Å²) in [5.41, 5.74) is 2.07. The van der Waals surface area contributed by atoms with Gasteiger partial charge in [0.25, 0.3) is 11.7 Å². The molecule has 5 nitrogen and oxygen atoms in total. The van der Waals surface area contributed by atoms with Crippen LogP contribution in [0.25, 0.3) is 5.76 Å². The van der Waals surface area contributed by atoms with Gasteiger partial charge in [-0.2, -0.15) is 0 Å². The number of amides is 1. The Labute approximate surface area is 197 Å². The molecule has 0 radical (unpaired) electrons. The van der Waals surface area contributed by atoms with Crippen LogP contribution in [-0.2, 0) is 16.1 Å². The van der Waals surface area contributed by atoms with E-state index in [0.717, 1.165) is 12.0 Å². The maximum absolute atomic E-state index is 13.1. The molecule has 6 heteroatoms. The van der Waals surface area contributed by atoms with Crippen LogP contribution in [0.3, 0.4) is 0 Å². The number of likely N-dealkylation sites (tertiary alicyclic amines) is 1. The van der Waals surface area contributed by atoms with Crippen molar-refractivity contribution in [3.63, 3.8) is 0 Å². The number of aliphatic hydroxyl groups is 1. The second-order valence-corrected chi connectivity index (χ2v) is 8.27. The Hall–Kier alpha value is -3.57. The highest BCUT2D eigenvalue weighted by Gasteiger charge is 2.46. The van der Waals surface area contributed by atoms with E-state index in [1.165, 1.54) is 4.90 Å². The Morgan fingerprint density at radius 1 is 0.970 bits per heavy atom.